The minimum absolute atomic E-state index is 0.0312. The number of ether oxygens (including phenoxy) is 2. The molecule has 5 heteroatoms. The largest absolute Gasteiger partial charge is 0.472 e. The monoisotopic (exact) mass is 273 g/mol. The molecule has 0 amide bonds. The first-order valence-corrected chi connectivity index (χ1v) is 6.66. The van der Waals surface area contributed by atoms with Crippen molar-refractivity contribution in [1.82, 2.24) is 4.98 Å². The summed E-state index contributed by atoms with van der Waals surface area (Å²) in [6.45, 7) is 0. The van der Waals surface area contributed by atoms with Crippen LogP contribution in [0.1, 0.15) is 31.2 Å². The molecule has 2 unspecified atom stereocenters. The Bertz CT molecular complexity index is 403. The fourth-order valence-corrected chi connectivity index (χ4v) is 2.43. The van der Waals surface area contributed by atoms with E-state index >= 15 is 0 Å². The van der Waals surface area contributed by atoms with Crippen LogP contribution in [0.2, 0.25) is 0 Å². The van der Waals surface area contributed by atoms with E-state index < -0.39 is 5.82 Å². The van der Waals surface area contributed by atoms with Gasteiger partial charge in [0, 0.05) is 25.3 Å². The maximum Gasteiger partial charge on any atom is 0.250 e. The Kier molecular flexibility index (Phi) is 4.78. The standard InChI is InChI=1S/C13H17ClFNO2/c1-17-10-3-2-4-11(7-10)18-13-12(15)9(8-14)5-6-16-13/h5-6,10-11H,2-4,7-8H2,1H3. The van der Waals surface area contributed by atoms with Gasteiger partial charge in [-0.1, -0.05) is 0 Å². The summed E-state index contributed by atoms with van der Waals surface area (Å²) in [6, 6.07) is 1.56. The molecule has 1 saturated carbocycles. The summed E-state index contributed by atoms with van der Waals surface area (Å²) in [5.41, 5.74) is 0.417. The molecule has 0 aromatic carbocycles. The second-order valence-corrected chi connectivity index (χ2v) is 4.75. The van der Waals surface area contributed by atoms with E-state index in [9.17, 15) is 4.39 Å². The molecule has 0 N–H and O–H groups in total. The molecule has 1 aromatic heterocycles. The molecular weight excluding hydrogens is 257 g/mol. The van der Waals surface area contributed by atoms with Crippen LogP contribution in [0.5, 0.6) is 5.88 Å². The first-order chi connectivity index (χ1) is 8.74. The average Bonchev–Trinajstić information content (AvgIpc) is 2.41. The van der Waals surface area contributed by atoms with Gasteiger partial charge in [-0.15, -0.1) is 11.6 Å². The van der Waals surface area contributed by atoms with Crippen molar-refractivity contribution in [3.05, 3.63) is 23.6 Å². The topological polar surface area (TPSA) is 31.4 Å². The fraction of sp³-hybridized carbons (Fsp3) is 0.615. The van der Waals surface area contributed by atoms with Crippen molar-refractivity contribution in [3.63, 3.8) is 0 Å². The van der Waals surface area contributed by atoms with Crippen LogP contribution < -0.4 is 4.74 Å². The third-order valence-corrected chi connectivity index (χ3v) is 3.56. The van der Waals surface area contributed by atoms with Crippen molar-refractivity contribution >= 4 is 11.6 Å². The van der Waals surface area contributed by atoms with Gasteiger partial charge in [0.1, 0.15) is 6.10 Å². The molecule has 0 aliphatic heterocycles. The molecule has 2 atom stereocenters. The average molecular weight is 274 g/mol. The summed E-state index contributed by atoms with van der Waals surface area (Å²) in [4.78, 5) is 3.94. The van der Waals surface area contributed by atoms with E-state index in [1.54, 1.807) is 13.2 Å². The molecule has 3 nitrogen and oxygen atoms in total. The highest BCUT2D eigenvalue weighted by Gasteiger charge is 2.24. The van der Waals surface area contributed by atoms with Gasteiger partial charge in [-0.25, -0.2) is 9.37 Å². The summed E-state index contributed by atoms with van der Waals surface area (Å²) in [6.07, 6.45) is 5.44. The number of halogens is 2. The Labute approximate surface area is 111 Å². The molecule has 100 valence electrons. The molecule has 0 spiro atoms. The van der Waals surface area contributed by atoms with Crippen LogP contribution in [0, 0.1) is 5.82 Å². The molecule has 1 aromatic rings. The Morgan fingerprint density at radius 1 is 1.44 bits per heavy atom. The van der Waals surface area contributed by atoms with Crippen LogP contribution in [-0.4, -0.2) is 24.3 Å². The van der Waals surface area contributed by atoms with Gasteiger partial charge in [0.05, 0.1) is 12.0 Å². The summed E-state index contributed by atoms with van der Waals surface area (Å²) >= 11 is 5.65. The smallest absolute Gasteiger partial charge is 0.250 e. The van der Waals surface area contributed by atoms with Crippen LogP contribution in [0.15, 0.2) is 12.3 Å². The van der Waals surface area contributed by atoms with E-state index in [4.69, 9.17) is 21.1 Å². The van der Waals surface area contributed by atoms with Gasteiger partial charge >= 0.3 is 0 Å². The molecular formula is C13H17ClFNO2. The minimum atomic E-state index is -0.452. The van der Waals surface area contributed by atoms with Crippen LogP contribution in [0.3, 0.4) is 0 Å². The maximum absolute atomic E-state index is 13.9. The van der Waals surface area contributed by atoms with Gasteiger partial charge in [-0.2, -0.15) is 0 Å². The lowest BCUT2D eigenvalue weighted by Gasteiger charge is -2.28. The Hall–Kier alpha value is -0.870. The number of rotatable bonds is 4. The number of aromatic nitrogens is 1. The van der Waals surface area contributed by atoms with Gasteiger partial charge in [-0.05, 0) is 25.3 Å². The Morgan fingerprint density at radius 3 is 2.94 bits per heavy atom. The summed E-state index contributed by atoms with van der Waals surface area (Å²) in [7, 11) is 1.69. The SMILES string of the molecule is COC1CCCC(Oc2nccc(CCl)c2F)C1. The Morgan fingerprint density at radius 2 is 2.22 bits per heavy atom. The lowest BCUT2D eigenvalue weighted by Crippen LogP contribution is -2.30. The predicted octanol–water partition coefficient (Wildman–Crippen LogP) is 3.30. The number of hydrogen-bond donors (Lipinski definition) is 0. The van der Waals surface area contributed by atoms with Crippen LogP contribution in [0.4, 0.5) is 4.39 Å². The van der Waals surface area contributed by atoms with Crippen molar-refractivity contribution < 1.29 is 13.9 Å². The lowest BCUT2D eigenvalue weighted by molar-refractivity contribution is 0.0181. The Balaban J connectivity index is 2.04. The normalized spacial score (nSPS) is 23.9. The van der Waals surface area contributed by atoms with Gasteiger partial charge < -0.3 is 9.47 Å². The first-order valence-electron chi connectivity index (χ1n) is 6.13. The van der Waals surface area contributed by atoms with E-state index in [2.05, 4.69) is 4.98 Å². The van der Waals surface area contributed by atoms with Gasteiger partial charge in [0.15, 0.2) is 5.82 Å². The van der Waals surface area contributed by atoms with Crippen molar-refractivity contribution in [2.75, 3.05) is 7.11 Å². The van der Waals surface area contributed by atoms with Crippen LogP contribution in [0.25, 0.3) is 0 Å². The molecule has 0 saturated heterocycles. The molecule has 1 aliphatic carbocycles. The van der Waals surface area contributed by atoms with E-state index in [1.807, 2.05) is 0 Å². The molecule has 18 heavy (non-hydrogen) atoms. The molecule has 1 aliphatic rings. The number of alkyl halides is 1. The molecule has 1 fully saturated rings. The highest BCUT2D eigenvalue weighted by atomic mass is 35.5. The number of methoxy groups -OCH3 is 1. The van der Waals surface area contributed by atoms with E-state index in [0.29, 0.717) is 5.56 Å². The van der Waals surface area contributed by atoms with Gasteiger partial charge in [0.25, 0.3) is 5.88 Å². The van der Waals surface area contributed by atoms with Crippen LogP contribution >= 0.6 is 11.6 Å². The van der Waals surface area contributed by atoms with E-state index in [0.717, 1.165) is 25.7 Å². The van der Waals surface area contributed by atoms with E-state index in [-0.39, 0.29) is 24.0 Å². The van der Waals surface area contributed by atoms with E-state index in [1.165, 1.54) is 6.20 Å². The maximum atomic E-state index is 13.9. The molecule has 1 heterocycles. The second kappa shape index (κ2) is 6.34. The number of nitrogens with zero attached hydrogens (tertiary/aromatic N) is 1. The second-order valence-electron chi connectivity index (χ2n) is 4.49. The summed E-state index contributed by atoms with van der Waals surface area (Å²) in [5.74, 6) is -0.280. The van der Waals surface area contributed by atoms with Gasteiger partial charge in [0.2, 0.25) is 0 Å². The zero-order valence-electron chi connectivity index (χ0n) is 10.4. The zero-order chi connectivity index (χ0) is 13.0. The molecule has 0 bridgehead atoms. The number of pyridine rings is 1. The first kappa shape index (κ1) is 13.6. The predicted molar refractivity (Wildman–Crippen MR) is 67.4 cm³/mol. The van der Waals surface area contributed by atoms with Crippen LogP contribution in [-0.2, 0) is 10.6 Å². The van der Waals surface area contributed by atoms with Crippen molar-refractivity contribution in [2.45, 2.75) is 43.8 Å². The molecule has 2 rings (SSSR count). The third-order valence-electron chi connectivity index (χ3n) is 3.27. The van der Waals surface area contributed by atoms with Crippen molar-refractivity contribution in [3.8, 4) is 5.88 Å². The highest BCUT2D eigenvalue weighted by Crippen LogP contribution is 2.26. The third kappa shape index (κ3) is 3.12. The van der Waals surface area contributed by atoms with Crippen molar-refractivity contribution in [1.29, 1.82) is 0 Å². The minimum Gasteiger partial charge on any atom is -0.472 e. The quantitative estimate of drug-likeness (QED) is 0.789. The fourth-order valence-electron chi connectivity index (χ4n) is 2.23. The number of hydrogen-bond acceptors (Lipinski definition) is 3. The lowest BCUT2D eigenvalue weighted by atomic mass is 9.95. The molecule has 0 radical (unpaired) electrons. The zero-order valence-corrected chi connectivity index (χ0v) is 11.1. The summed E-state index contributed by atoms with van der Waals surface area (Å²) < 4.78 is 24.9. The highest BCUT2D eigenvalue weighted by molar-refractivity contribution is 6.17. The van der Waals surface area contributed by atoms with Gasteiger partial charge in [-0.3, -0.25) is 0 Å². The summed E-state index contributed by atoms with van der Waals surface area (Å²) in [5, 5.41) is 0. The van der Waals surface area contributed by atoms with Crippen molar-refractivity contribution in [2.24, 2.45) is 0 Å².